The van der Waals surface area contributed by atoms with E-state index in [0.717, 1.165) is 12.0 Å². The van der Waals surface area contributed by atoms with Gasteiger partial charge < -0.3 is 9.84 Å². The topological polar surface area (TPSA) is 55.1 Å². The number of nitrogens with zero attached hydrogens (tertiary/aromatic N) is 1. The molecule has 1 heterocycles. The highest BCUT2D eigenvalue weighted by Crippen LogP contribution is 2.33. The molecule has 1 unspecified atom stereocenters. The van der Waals surface area contributed by atoms with Crippen LogP contribution in [-0.4, -0.2) is 11.1 Å². The van der Waals surface area contributed by atoms with Crippen molar-refractivity contribution in [3.63, 3.8) is 0 Å². The van der Waals surface area contributed by atoms with Gasteiger partial charge in [0, 0.05) is 12.5 Å². The van der Waals surface area contributed by atoms with E-state index >= 15 is 0 Å². The van der Waals surface area contributed by atoms with Crippen molar-refractivity contribution in [2.75, 3.05) is 0 Å². The van der Waals surface area contributed by atoms with E-state index in [-0.39, 0.29) is 17.4 Å². The van der Waals surface area contributed by atoms with Crippen LogP contribution in [0.4, 0.5) is 0 Å². The fourth-order valence-electron chi connectivity index (χ4n) is 2.44. The summed E-state index contributed by atoms with van der Waals surface area (Å²) in [6, 6.07) is 9.82. The second-order valence-electron chi connectivity index (χ2n) is 6.72. The lowest BCUT2D eigenvalue weighted by Crippen LogP contribution is -2.36. The molecule has 2 aromatic rings. The highest BCUT2D eigenvalue weighted by molar-refractivity contribution is 5.92. The van der Waals surface area contributed by atoms with Gasteiger partial charge in [-0.3, -0.25) is 4.79 Å². The van der Waals surface area contributed by atoms with Gasteiger partial charge in [-0.2, -0.15) is 0 Å². The molecule has 4 heteroatoms. The normalized spacial score (nSPS) is 13.0. The van der Waals surface area contributed by atoms with Crippen LogP contribution in [-0.2, 0) is 6.42 Å². The molecule has 1 N–H and O–H groups in total. The van der Waals surface area contributed by atoms with Crippen LogP contribution in [0, 0.1) is 12.3 Å². The molecule has 0 bridgehead atoms. The Bertz CT molecular complexity index is 653. The fourth-order valence-corrected chi connectivity index (χ4v) is 2.44. The first kappa shape index (κ1) is 16.3. The van der Waals surface area contributed by atoms with Crippen molar-refractivity contribution in [1.29, 1.82) is 0 Å². The van der Waals surface area contributed by atoms with Crippen LogP contribution in [0.3, 0.4) is 0 Å². The molecule has 2 rings (SSSR count). The van der Waals surface area contributed by atoms with Crippen molar-refractivity contribution >= 4 is 5.91 Å². The first-order valence-electron chi connectivity index (χ1n) is 7.64. The smallest absolute Gasteiger partial charge is 0.273 e. The van der Waals surface area contributed by atoms with E-state index in [2.05, 4.69) is 50.3 Å². The Balaban J connectivity index is 2.26. The molecule has 0 aliphatic carbocycles. The summed E-state index contributed by atoms with van der Waals surface area (Å²) in [5.74, 6) is 0.512. The second kappa shape index (κ2) is 6.34. The standard InChI is InChI=1S/C18H24N2O2/c1-6-14-11-15(20-22-14)17(21)19-16(18(3,4)5)13-9-7-8-12(2)10-13/h7-11,16H,6H2,1-5H3,(H,19,21). The number of nitrogens with one attached hydrogen (secondary N) is 1. The molecule has 0 aliphatic heterocycles. The zero-order valence-electron chi connectivity index (χ0n) is 13.9. The number of aryl methyl sites for hydroxylation is 2. The number of aromatic nitrogens is 1. The van der Waals surface area contributed by atoms with Gasteiger partial charge in [0.2, 0.25) is 0 Å². The maximum atomic E-state index is 12.5. The van der Waals surface area contributed by atoms with Crippen molar-refractivity contribution in [2.24, 2.45) is 5.41 Å². The van der Waals surface area contributed by atoms with E-state index in [4.69, 9.17) is 4.52 Å². The number of hydrogen-bond acceptors (Lipinski definition) is 3. The number of benzene rings is 1. The molecule has 118 valence electrons. The zero-order valence-corrected chi connectivity index (χ0v) is 13.9. The molecule has 1 aromatic heterocycles. The van der Waals surface area contributed by atoms with E-state index < -0.39 is 0 Å². The maximum absolute atomic E-state index is 12.5. The van der Waals surface area contributed by atoms with Crippen LogP contribution in [0.5, 0.6) is 0 Å². The Morgan fingerprint density at radius 1 is 1.32 bits per heavy atom. The summed E-state index contributed by atoms with van der Waals surface area (Å²) in [4.78, 5) is 12.5. The fraction of sp³-hybridized carbons (Fsp3) is 0.444. The van der Waals surface area contributed by atoms with Crippen LogP contribution in [0.2, 0.25) is 0 Å². The van der Waals surface area contributed by atoms with Crippen LogP contribution in [0.15, 0.2) is 34.9 Å². The average molecular weight is 300 g/mol. The van der Waals surface area contributed by atoms with Crippen molar-refractivity contribution in [1.82, 2.24) is 10.5 Å². The van der Waals surface area contributed by atoms with E-state index in [9.17, 15) is 4.79 Å². The maximum Gasteiger partial charge on any atom is 0.273 e. The van der Waals surface area contributed by atoms with Crippen LogP contribution >= 0.6 is 0 Å². The first-order chi connectivity index (χ1) is 10.3. The van der Waals surface area contributed by atoms with Gasteiger partial charge in [0.05, 0.1) is 6.04 Å². The monoisotopic (exact) mass is 300 g/mol. The predicted octanol–water partition coefficient (Wildman–Crippen LogP) is 4.06. The Hall–Kier alpha value is -2.10. The van der Waals surface area contributed by atoms with Crippen LogP contribution < -0.4 is 5.32 Å². The van der Waals surface area contributed by atoms with Gasteiger partial charge in [-0.05, 0) is 17.9 Å². The Kier molecular flexibility index (Phi) is 4.69. The van der Waals surface area contributed by atoms with Crippen molar-refractivity contribution in [2.45, 2.75) is 47.1 Å². The van der Waals surface area contributed by atoms with Crippen molar-refractivity contribution < 1.29 is 9.32 Å². The van der Waals surface area contributed by atoms with Crippen molar-refractivity contribution in [3.05, 3.63) is 52.9 Å². The molecular formula is C18H24N2O2. The van der Waals surface area contributed by atoms with Crippen LogP contribution in [0.25, 0.3) is 0 Å². The summed E-state index contributed by atoms with van der Waals surface area (Å²) in [5.41, 5.74) is 2.50. The lowest BCUT2D eigenvalue weighted by atomic mass is 9.82. The van der Waals surface area contributed by atoms with Gasteiger partial charge >= 0.3 is 0 Å². The third kappa shape index (κ3) is 3.75. The average Bonchev–Trinajstić information content (AvgIpc) is 2.92. The number of hydrogen-bond donors (Lipinski definition) is 1. The molecule has 1 aromatic carbocycles. The molecule has 0 radical (unpaired) electrons. The second-order valence-corrected chi connectivity index (χ2v) is 6.72. The predicted molar refractivity (Wildman–Crippen MR) is 86.7 cm³/mol. The van der Waals surface area contributed by atoms with Gasteiger partial charge in [-0.25, -0.2) is 0 Å². The van der Waals surface area contributed by atoms with Gasteiger partial charge in [0.15, 0.2) is 5.69 Å². The minimum absolute atomic E-state index is 0.0957. The summed E-state index contributed by atoms with van der Waals surface area (Å²) in [7, 11) is 0. The molecule has 22 heavy (non-hydrogen) atoms. The lowest BCUT2D eigenvalue weighted by Gasteiger charge is -2.32. The molecule has 1 amide bonds. The Morgan fingerprint density at radius 3 is 2.59 bits per heavy atom. The quantitative estimate of drug-likeness (QED) is 0.926. The summed E-state index contributed by atoms with van der Waals surface area (Å²) < 4.78 is 5.12. The van der Waals surface area contributed by atoms with E-state index in [1.54, 1.807) is 6.07 Å². The van der Waals surface area contributed by atoms with E-state index in [0.29, 0.717) is 11.5 Å². The minimum Gasteiger partial charge on any atom is -0.361 e. The summed E-state index contributed by atoms with van der Waals surface area (Å²) in [6.07, 6.45) is 0.723. The third-order valence-corrected chi connectivity index (χ3v) is 3.66. The molecule has 0 saturated carbocycles. The number of carbonyl (C=O) groups excluding carboxylic acids is 1. The van der Waals surface area contributed by atoms with Gasteiger partial charge in [0.25, 0.3) is 5.91 Å². The Morgan fingerprint density at radius 2 is 2.05 bits per heavy atom. The molecule has 0 fully saturated rings. The molecule has 0 aliphatic rings. The lowest BCUT2D eigenvalue weighted by molar-refractivity contribution is 0.0892. The number of carbonyl (C=O) groups is 1. The number of amides is 1. The first-order valence-corrected chi connectivity index (χ1v) is 7.64. The molecule has 0 saturated heterocycles. The minimum atomic E-state index is -0.204. The van der Waals surface area contributed by atoms with Crippen molar-refractivity contribution in [3.8, 4) is 0 Å². The van der Waals surface area contributed by atoms with Crippen LogP contribution in [0.1, 0.15) is 61.1 Å². The molecule has 0 spiro atoms. The molecule has 4 nitrogen and oxygen atoms in total. The van der Waals surface area contributed by atoms with E-state index in [1.165, 1.54) is 5.56 Å². The summed E-state index contributed by atoms with van der Waals surface area (Å²) in [5, 5.41) is 6.94. The third-order valence-electron chi connectivity index (χ3n) is 3.66. The number of rotatable bonds is 4. The van der Waals surface area contributed by atoms with Gasteiger partial charge in [0.1, 0.15) is 5.76 Å². The zero-order chi connectivity index (χ0) is 16.3. The highest BCUT2D eigenvalue weighted by atomic mass is 16.5. The molecule has 1 atom stereocenters. The summed E-state index contributed by atoms with van der Waals surface area (Å²) in [6.45, 7) is 10.4. The largest absolute Gasteiger partial charge is 0.361 e. The Labute approximate surface area is 131 Å². The molecular weight excluding hydrogens is 276 g/mol. The highest BCUT2D eigenvalue weighted by Gasteiger charge is 2.29. The summed E-state index contributed by atoms with van der Waals surface area (Å²) >= 11 is 0. The van der Waals surface area contributed by atoms with E-state index in [1.807, 2.05) is 19.1 Å². The van der Waals surface area contributed by atoms with Gasteiger partial charge in [-0.15, -0.1) is 0 Å². The SMILES string of the molecule is CCc1cc(C(=O)NC(c2cccc(C)c2)C(C)(C)C)no1. The van der Waals surface area contributed by atoms with Gasteiger partial charge in [-0.1, -0.05) is 62.7 Å².